The van der Waals surface area contributed by atoms with Gasteiger partial charge in [0.05, 0.1) is 5.52 Å². The third kappa shape index (κ3) is 2.76. The summed E-state index contributed by atoms with van der Waals surface area (Å²) in [5.41, 5.74) is 0.459. The highest BCUT2D eigenvalue weighted by Gasteiger charge is 2.38. The summed E-state index contributed by atoms with van der Waals surface area (Å²) in [6.45, 7) is 0.873. The standard InChI is InChI=1S/C13H9F3N2O/c1-8(13(14,15)16)19-12-10(7-17)6-9-4-2-3-5-11(9)18-12/h2-6,8H,1H3. The molecule has 0 saturated heterocycles. The van der Waals surface area contributed by atoms with Crippen LogP contribution in [0, 0.1) is 11.3 Å². The Kier molecular flexibility index (Phi) is 3.30. The Bertz CT molecular complexity index is 646. The third-order valence-corrected chi connectivity index (χ3v) is 2.56. The Labute approximate surface area is 107 Å². The Hall–Kier alpha value is -2.29. The normalized spacial score (nSPS) is 13.0. The molecule has 0 bridgehead atoms. The topological polar surface area (TPSA) is 45.9 Å². The lowest BCUT2D eigenvalue weighted by molar-refractivity contribution is -0.189. The lowest BCUT2D eigenvalue weighted by Crippen LogP contribution is -2.31. The van der Waals surface area contributed by atoms with Crippen molar-refractivity contribution in [2.24, 2.45) is 0 Å². The smallest absolute Gasteiger partial charge is 0.425 e. The minimum atomic E-state index is -4.50. The number of nitrogens with zero attached hydrogens (tertiary/aromatic N) is 2. The highest BCUT2D eigenvalue weighted by Crippen LogP contribution is 2.27. The maximum Gasteiger partial charge on any atom is 0.425 e. The first-order valence-corrected chi connectivity index (χ1v) is 5.45. The minimum absolute atomic E-state index is 0.0187. The first-order chi connectivity index (χ1) is 8.91. The van der Waals surface area contributed by atoms with Gasteiger partial charge in [-0.1, -0.05) is 18.2 Å². The van der Waals surface area contributed by atoms with E-state index >= 15 is 0 Å². The van der Waals surface area contributed by atoms with Gasteiger partial charge in [-0.05, 0) is 19.1 Å². The molecule has 98 valence electrons. The highest BCUT2D eigenvalue weighted by molar-refractivity contribution is 5.80. The number of para-hydroxylation sites is 1. The van der Waals surface area contributed by atoms with Crippen LogP contribution in [0.3, 0.4) is 0 Å². The molecule has 1 heterocycles. The molecule has 0 amide bonds. The zero-order chi connectivity index (χ0) is 14.0. The fourth-order valence-electron chi connectivity index (χ4n) is 1.50. The number of hydrogen-bond acceptors (Lipinski definition) is 3. The van der Waals surface area contributed by atoms with Crippen molar-refractivity contribution in [2.45, 2.75) is 19.2 Å². The molecular formula is C13H9F3N2O. The fraction of sp³-hybridized carbons (Fsp3) is 0.231. The van der Waals surface area contributed by atoms with Crippen molar-refractivity contribution in [3.8, 4) is 11.9 Å². The van der Waals surface area contributed by atoms with Gasteiger partial charge in [0.25, 0.3) is 0 Å². The van der Waals surface area contributed by atoms with E-state index in [4.69, 9.17) is 10.00 Å². The molecule has 19 heavy (non-hydrogen) atoms. The van der Waals surface area contributed by atoms with Crippen LogP contribution in [0.5, 0.6) is 5.88 Å². The van der Waals surface area contributed by atoms with E-state index in [0.29, 0.717) is 10.9 Å². The molecule has 0 saturated carbocycles. The van der Waals surface area contributed by atoms with Crippen molar-refractivity contribution in [1.29, 1.82) is 5.26 Å². The third-order valence-electron chi connectivity index (χ3n) is 2.56. The van der Waals surface area contributed by atoms with Gasteiger partial charge in [0.2, 0.25) is 5.88 Å². The summed E-state index contributed by atoms with van der Waals surface area (Å²) in [5, 5.41) is 9.61. The first kappa shape index (κ1) is 13.1. The molecule has 0 aliphatic heterocycles. The predicted molar refractivity (Wildman–Crippen MR) is 62.6 cm³/mol. The molecule has 3 nitrogen and oxygen atoms in total. The number of halogens is 3. The number of alkyl halides is 3. The molecular weight excluding hydrogens is 257 g/mol. The first-order valence-electron chi connectivity index (χ1n) is 5.45. The summed E-state index contributed by atoms with van der Waals surface area (Å²) in [6.07, 6.45) is -6.52. The van der Waals surface area contributed by atoms with E-state index in [9.17, 15) is 13.2 Å². The Morgan fingerprint density at radius 3 is 2.63 bits per heavy atom. The van der Waals surface area contributed by atoms with Crippen molar-refractivity contribution < 1.29 is 17.9 Å². The number of fused-ring (bicyclic) bond motifs is 1. The van der Waals surface area contributed by atoms with Gasteiger partial charge in [0.15, 0.2) is 6.10 Å². The van der Waals surface area contributed by atoms with E-state index in [1.807, 2.05) is 0 Å². The van der Waals surface area contributed by atoms with Gasteiger partial charge >= 0.3 is 6.18 Å². The molecule has 0 aliphatic carbocycles. The summed E-state index contributed by atoms with van der Waals surface area (Å²) < 4.78 is 42.1. The van der Waals surface area contributed by atoms with Crippen LogP contribution in [0.1, 0.15) is 12.5 Å². The lowest BCUT2D eigenvalue weighted by Gasteiger charge is -2.17. The predicted octanol–water partition coefficient (Wildman–Crippen LogP) is 3.44. The molecule has 0 N–H and O–H groups in total. The molecule has 1 aromatic heterocycles. The lowest BCUT2D eigenvalue weighted by atomic mass is 10.1. The van der Waals surface area contributed by atoms with E-state index in [2.05, 4.69) is 4.98 Å². The van der Waals surface area contributed by atoms with Gasteiger partial charge in [-0.2, -0.15) is 18.4 Å². The Balaban J connectivity index is 2.45. The molecule has 1 aromatic carbocycles. The van der Waals surface area contributed by atoms with Crippen LogP contribution in [-0.4, -0.2) is 17.3 Å². The summed E-state index contributed by atoms with van der Waals surface area (Å²) in [4.78, 5) is 3.95. The molecule has 0 aliphatic rings. The monoisotopic (exact) mass is 266 g/mol. The van der Waals surface area contributed by atoms with Gasteiger partial charge in [-0.3, -0.25) is 0 Å². The zero-order valence-electron chi connectivity index (χ0n) is 9.90. The molecule has 2 aromatic rings. The van der Waals surface area contributed by atoms with Crippen LogP contribution < -0.4 is 4.74 Å². The summed E-state index contributed by atoms with van der Waals surface area (Å²) >= 11 is 0. The van der Waals surface area contributed by atoms with Gasteiger partial charge < -0.3 is 4.74 Å². The van der Waals surface area contributed by atoms with Gasteiger partial charge in [0, 0.05) is 5.39 Å². The van der Waals surface area contributed by atoms with E-state index in [1.54, 1.807) is 30.3 Å². The number of rotatable bonds is 2. The quantitative estimate of drug-likeness (QED) is 0.836. The van der Waals surface area contributed by atoms with Crippen LogP contribution in [0.15, 0.2) is 30.3 Å². The molecule has 6 heteroatoms. The highest BCUT2D eigenvalue weighted by atomic mass is 19.4. The molecule has 2 rings (SSSR count). The van der Waals surface area contributed by atoms with Crippen LogP contribution in [0.2, 0.25) is 0 Å². The van der Waals surface area contributed by atoms with Crippen LogP contribution in [-0.2, 0) is 0 Å². The van der Waals surface area contributed by atoms with Crippen molar-refractivity contribution in [2.75, 3.05) is 0 Å². The number of benzene rings is 1. The SMILES string of the molecule is CC(Oc1nc2ccccc2cc1C#N)C(F)(F)F. The average Bonchev–Trinajstić information content (AvgIpc) is 2.36. The second-order valence-electron chi connectivity index (χ2n) is 3.95. The Morgan fingerprint density at radius 2 is 2.00 bits per heavy atom. The number of ether oxygens (including phenoxy) is 1. The number of pyridine rings is 1. The van der Waals surface area contributed by atoms with E-state index in [-0.39, 0.29) is 11.4 Å². The van der Waals surface area contributed by atoms with Gasteiger partial charge in [-0.25, -0.2) is 4.98 Å². The van der Waals surface area contributed by atoms with Crippen molar-refractivity contribution in [1.82, 2.24) is 4.98 Å². The van der Waals surface area contributed by atoms with Crippen molar-refractivity contribution >= 4 is 10.9 Å². The van der Waals surface area contributed by atoms with Crippen molar-refractivity contribution in [3.63, 3.8) is 0 Å². The van der Waals surface area contributed by atoms with Crippen LogP contribution in [0.25, 0.3) is 10.9 Å². The number of aromatic nitrogens is 1. The van der Waals surface area contributed by atoms with Gasteiger partial charge in [-0.15, -0.1) is 0 Å². The van der Waals surface area contributed by atoms with E-state index in [1.165, 1.54) is 6.07 Å². The molecule has 1 unspecified atom stereocenters. The molecule has 1 atom stereocenters. The van der Waals surface area contributed by atoms with Gasteiger partial charge in [0.1, 0.15) is 11.6 Å². The van der Waals surface area contributed by atoms with Crippen molar-refractivity contribution in [3.05, 3.63) is 35.9 Å². The minimum Gasteiger partial charge on any atom is -0.464 e. The van der Waals surface area contributed by atoms with Crippen LogP contribution in [0.4, 0.5) is 13.2 Å². The second kappa shape index (κ2) is 4.76. The molecule has 0 fully saturated rings. The molecule has 0 spiro atoms. The maximum absolute atomic E-state index is 12.4. The fourth-order valence-corrected chi connectivity index (χ4v) is 1.50. The average molecular weight is 266 g/mol. The second-order valence-corrected chi connectivity index (χ2v) is 3.95. The van der Waals surface area contributed by atoms with E-state index < -0.39 is 12.3 Å². The number of nitriles is 1. The largest absolute Gasteiger partial charge is 0.464 e. The van der Waals surface area contributed by atoms with Crippen LogP contribution >= 0.6 is 0 Å². The zero-order valence-corrected chi connectivity index (χ0v) is 9.90. The van der Waals surface area contributed by atoms with E-state index in [0.717, 1.165) is 6.92 Å². The summed E-state index contributed by atoms with van der Waals surface area (Å²) in [5.74, 6) is -0.300. The Morgan fingerprint density at radius 1 is 1.32 bits per heavy atom. The summed E-state index contributed by atoms with van der Waals surface area (Å²) in [7, 11) is 0. The summed E-state index contributed by atoms with van der Waals surface area (Å²) in [6, 6.07) is 10.1. The maximum atomic E-state index is 12.4. The number of hydrogen-bond donors (Lipinski definition) is 0. The molecule has 0 radical (unpaired) electrons.